The lowest BCUT2D eigenvalue weighted by molar-refractivity contribution is -0.121. The van der Waals surface area contributed by atoms with Crippen molar-refractivity contribution in [2.24, 2.45) is 11.7 Å². The van der Waals surface area contributed by atoms with E-state index >= 15 is 0 Å². The number of hydrogen-bond acceptors (Lipinski definition) is 2. The van der Waals surface area contributed by atoms with E-state index in [4.69, 9.17) is 5.73 Å². The summed E-state index contributed by atoms with van der Waals surface area (Å²) in [6, 6.07) is 8.13. The van der Waals surface area contributed by atoms with Gasteiger partial charge in [0.1, 0.15) is 0 Å². The Balaban J connectivity index is 0.00000324. The zero-order chi connectivity index (χ0) is 13.9. The molecule has 0 saturated heterocycles. The molecule has 0 aliphatic carbocycles. The minimum atomic E-state index is -0.141. The summed E-state index contributed by atoms with van der Waals surface area (Å²) in [6.45, 7) is 8.75. The topological polar surface area (TPSA) is 46.3 Å². The minimum Gasteiger partial charge on any atom is -0.330 e. The standard InChI is InChI=1S/C15H24N2O.ClH/c1-11(10-16)14(18)17(5)13-8-6-12(7-9-13)15(2,3)4;/h6-9,11H,10,16H2,1-5H3;1H. The van der Waals surface area contributed by atoms with Gasteiger partial charge in [-0.1, -0.05) is 39.8 Å². The molecule has 1 atom stereocenters. The SMILES string of the molecule is CC(CN)C(=O)N(C)c1ccc(C(C)(C)C)cc1.Cl. The second-order valence-electron chi connectivity index (χ2n) is 5.83. The Bertz CT molecular complexity index is 409. The van der Waals surface area contributed by atoms with Gasteiger partial charge in [-0.2, -0.15) is 0 Å². The van der Waals surface area contributed by atoms with Crippen LogP contribution in [0.2, 0.25) is 0 Å². The molecule has 108 valence electrons. The predicted molar refractivity (Wildman–Crippen MR) is 84.0 cm³/mol. The van der Waals surface area contributed by atoms with Crippen molar-refractivity contribution in [2.45, 2.75) is 33.1 Å². The number of nitrogens with zero attached hydrogens (tertiary/aromatic N) is 1. The molecule has 0 bridgehead atoms. The Labute approximate surface area is 122 Å². The van der Waals surface area contributed by atoms with E-state index in [9.17, 15) is 4.79 Å². The predicted octanol–water partition coefficient (Wildman–Crippen LogP) is 2.96. The number of benzene rings is 1. The number of anilines is 1. The third-order valence-corrected chi connectivity index (χ3v) is 3.23. The van der Waals surface area contributed by atoms with E-state index in [1.54, 1.807) is 11.9 Å². The summed E-state index contributed by atoms with van der Waals surface area (Å²) in [5, 5.41) is 0. The van der Waals surface area contributed by atoms with Crippen LogP contribution >= 0.6 is 12.4 Å². The van der Waals surface area contributed by atoms with Crippen LogP contribution in [0, 0.1) is 5.92 Å². The third-order valence-electron chi connectivity index (χ3n) is 3.23. The summed E-state index contributed by atoms with van der Waals surface area (Å²) in [6.07, 6.45) is 0. The number of hydrogen-bond donors (Lipinski definition) is 1. The fourth-order valence-corrected chi connectivity index (χ4v) is 1.74. The zero-order valence-corrected chi connectivity index (χ0v) is 13.3. The van der Waals surface area contributed by atoms with Crippen molar-refractivity contribution >= 4 is 24.0 Å². The highest BCUT2D eigenvalue weighted by molar-refractivity contribution is 5.94. The van der Waals surface area contributed by atoms with Crippen LogP contribution in [0.5, 0.6) is 0 Å². The molecule has 0 aromatic heterocycles. The third kappa shape index (κ3) is 4.51. The lowest BCUT2D eigenvalue weighted by Crippen LogP contribution is -2.35. The van der Waals surface area contributed by atoms with Crippen LogP contribution in [0.4, 0.5) is 5.69 Å². The molecule has 0 saturated carbocycles. The molecule has 1 aromatic carbocycles. The lowest BCUT2D eigenvalue weighted by atomic mass is 9.87. The molecule has 1 rings (SSSR count). The van der Waals surface area contributed by atoms with Crippen molar-refractivity contribution in [1.82, 2.24) is 0 Å². The van der Waals surface area contributed by atoms with E-state index < -0.39 is 0 Å². The van der Waals surface area contributed by atoms with Crippen molar-refractivity contribution in [3.05, 3.63) is 29.8 Å². The molecule has 1 amide bonds. The second kappa shape index (κ2) is 6.92. The number of rotatable bonds is 3. The number of halogens is 1. The van der Waals surface area contributed by atoms with E-state index in [0.29, 0.717) is 6.54 Å². The maximum absolute atomic E-state index is 12.0. The van der Waals surface area contributed by atoms with Gasteiger partial charge in [0.2, 0.25) is 5.91 Å². The fraction of sp³-hybridized carbons (Fsp3) is 0.533. The number of amides is 1. The van der Waals surface area contributed by atoms with Gasteiger partial charge in [0.05, 0.1) is 0 Å². The van der Waals surface area contributed by atoms with Gasteiger partial charge in [-0.25, -0.2) is 0 Å². The monoisotopic (exact) mass is 284 g/mol. The first kappa shape index (κ1) is 17.9. The average Bonchev–Trinajstić information content (AvgIpc) is 2.35. The smallest absolute Gasteiger partial charge is 0.230 e. The number of nitrogens with two attached hydrogens (primary N) is 1. The normalized spacial score (nSPS) is 12.5. The summed E-state index contributed by atoms with van der Waals surface area (Å²) >= 11 is 0. The average molecular weight is 285 g/mol. The first-order valence-corrected chi connectivity index (χ1v) is 6.35. The summed E-state index contributed by atoms with van der Waals surface area (Å²) < 4.78 is 0. The van der Waals surface area contributed by atoms with Crippen LogP contribution < -0.4 is 10.6 Å². The Morgan fingerprint density at radius 2 is 1.74 bits per heavy atom. The van der Waals surface area contributed by atoms with E-state index in [1.165, 1.54) is 5.56 Å². The van der Waals surface area contributed by atoms with Gasteiger partial charge in [-0.3, -0.25) is 4.79 Å². The van der Waals surface area contributed by atoms with Gasteiger partial charge >= 0.3 is 0 Å². The van der Waals surface area contributed by atoms with Crippen molar-refractivity contribution in [3.8, 4) is 0 Å². The lowest BCUT2D eigenvalue weighted by Gasteiger charge is -2.23. The summed E-state index contributed by atoms with van der Waals surface area (Å²) in [7, 11) is 1.79. The first-order chi connectivity index (χ1) is 8.27. The molecule has 2 N–H and O–H groups in total. The Hall–Kier alpha value is -1.06. The Morgan fingerprint density at radius 1 is 1.26 bits per heavy atom. The highest BCUT2D eigenvalue weighted by Gasteiger charge is 2.18. The number of carbonyl (C=O) groups excluding carboxylic acids is 1. The molecule has 0 aliphatic heterocycles. The van der Waals surface area contributed by atoms with Crippen molar-refractivity contribution < 1.29 is 4.79 Å². The zero-order valence-electron chi connectivity index (χ0n) is 12.4. The molecule has 0 aliphatic rings. The Kier molecular flexibility index (Phi) is 6.53. The van der Waals surface area contributed by atoms with Gasteiger partial charge in [0.15, 0.2) is 0 Å². The highest BCUT2D eigenvalue weighted by atomic mass is 35.5. The van der Waals surface area contributed by atoms with Crippen molar-refractivity contribution in [2.75, 3.05) is 18.5 Å². The molecule has 1 aromatic rings. The molecule has 0 fully saturated rings. The second-order valence-corrected chi connectivity index (χ2v) is 5.83. The van der Waals surface area contributed by atoms with Crippen molar-refractivity contribution in [1.29, 1.82) is 0 Å². The molecular formula is C15H25ClN2O. The highest BCUT2D eigenvalue weighted by Crippen LogP contribution is 2.24. The van der Waals surface area contributed by atoms with Crippen LogP contribution in [-0.2, 0) is 10.2 Å². The van der Waals surface area contributed by atoms with Crippen molar-refractivity contribution in [3.63, 3.8) is 0 Å². The van der Waals surface area contributed by atoms with Gasteiger partial charge in [0, 0.05) is 25.2 Å². The summed E-state index contributed by atoms with van der Waals surface area (Å²) in [4.78, 5) is 13.7. The van der Waals surface area contributed by atoms with E-state index in [-0.39, 0.29) is 29.6 Å². The maximum atomic E-state index is 12.0. The molecule has 0 heterocycles. The van der Waals surface area contributed by atoms with Gasteiger partial charge in [-0.15, -0.1) is 12.4 Å². The van der Waals surface area contributed by atoms with Gasteiger partial charge in [0.25, 0.3) is 0 Å². The van der Waals surface area contributed by atoms with Crippen LogP contribution in [0.15, 0.2) is 24.3 Å². The van der Waals surface area contributed by atoms with Crippen LogP contribution in [-0.4, -0.2) is 19.5 Å². The van der Waals surface area contributed by atoms with E-state index in [0.717, 1.165) is 5.69 Å². The maximum Gasteiger partial charge on any atom is 0.230 e. The molecule has 4 heteroatoms. The quantitative estimate of drug-likeness (QED) is 0.927. The van der Waals surface area contributed by atoms with Crippen LogP contribution in [0.3, 0.4) is 0 Å². The molecule has 0 spiro atoms. The van der Waals surface area contributed by atoms with E-state index in [1.807, 2.05) is 19.1 Å². The van der Waals surface area contributed by atoms with Crippen LogP contribution in [0.25, 0.3) is 0 Å². The molecule has 0 radical (unpaired) electrons. The van der Waals surface area contributed by atoms with Gasteiger partial charge < -0.3 is 10.6 Å². The first-order valence-electron chi connectivity index (χ1n) is 6.35. The van der Waals surface area contributed by atoms with Crippen LogP contribution in [0.1, 0.15) is 33.3 Å². The Morgan fingerprint density at radius 3 is 2.11 bits per heavy atom. The molecule has 1 unspecified atom stereocenters. The minimum absolute atomic E-state index is 0. The van der Waals surface area contributed by atoms with Gasteiger partial charge in [-0.05, 0) is 23.1 Å². The molecule has 3 nitrogen and oxygen atoms in total. The van der Waals surface area contributed by atoms with E-state index in [2.05, 4.69) is 32.9 Å². The summed E-state index contributed by atoms with van der Waals surface area (Å²) in [5.74, 6) is -0.0849. The number of carbonyl (C=O) groups is 1. The molecular weight excluding hydrogens is 260 g/mol. The summed E-state index contributed by atoms with van der Waals surface area (Å²) in [5.41, 5.74) is 7.83. The largest absolute Gasteiger partial charge is 0.330 e. The fourth-order valence-electron chi connectivity index (χ4n) is 1.74. The molecule has 19 heavy (non-hydrogen) atoms.